The molecular formula is C10H14ClNO. The minimum Gasteiger partial charge on any atom is -0.361 e. The molecule has 0 saturated carbocycles. The van der Waals surface area contributed by atoms with Crippen molar-refractivity contribution in [2.75, 3.05) is 0 Å². The van der Waals surface area contributed by atoms with Gasteiger partial charge in [-0.05, 0) is 25.7 Å². The molecule has 0 aliphatic heterocycles. The Morgan fingerprint density at radius 1 is 1.62 bits per heavy atom. The standard InChI is InChI=1S/C10H14ClNO/c1-2-7-4-3-5-8-9(6-11)12-13-10(7)8/h7H,2-6H2,1H3. The van der Waals surface area contributed by atoms with E-state index in [-0.39, 0.29) is 0 Å². The number of rotatable bonds is 2. The lowest BCUT2D eigenvalue weighted by Crippen LogP contribution is -2.07. The first-order valence-electron chi connectivity index (χ1n) is 4.90. The predicted octanol–water partition coefficient (Wildman–Crippen LogP) is 3.24. The van der Waals surface area contributed by atoms with Crippen LogP contribution >= 0.6 is 11.6 Å². The van der Waals surface area contributed by atoms with Gasteiger partial charge < -0.3 is 4.52 Å². The van der Waals surface area contributed by atoms with Crippen molar-refractivity contribution in [3.63, 3.8) is 0 Å². The molecule has 0 fully saturated rings. The second kappa shape index (κ2) is 3.70. The third-order valence-electron chi connectivity index (χ3n) is 2.87. The molecule has 0 aromatic carbocycles. The van der Waals surface area contributed by atoms with Crippen LogP contribution < -0.4 is 0 Å². The molecule has 0 spiro atoms. The lowest BCUT2D eigenvalue weighted by atomic mass is 9.86. The van der Waals surface area contributed by atoms with Gasteiger partial charge in [0.25, 0.3) is 0 Å². The largest absolute Gasteiger partial charge is 0.361 e. The van der Waals surface area contributed by atoms with E-state index >= 15 is 0 Å². The van der Waals surface area contributed by atoms with Gasteiger partial charge in [0.2, 0.25) is 0 Å². The Kier molecular flexibility index (Phi) is 2.58. The molecule has 2 rings (SSSR count). The molecule has 1 unspecified atom stereocenters. The van der Waals surface area contributed by atoms with E-state index in [0.717, 1.165) is 24.3 Å². The van der Waals surface area contributed by atoms with E-state index in [2.05, 4.69) is 12.1 Å². The molecule has 1 heterocycles. The summed E-state index contributed by atoms with van der Waals surface area (Å²) in [4.78, 5) is 0. The minimum atomic E-state index is 0.481. The van der Waals surface area contributed by atoms with Crippen LogP contribution in [0, 0.1) is 0 Å². The smallest absolute Gasteiger partial charge is 0.143 e. The van der Waals surface area contributed by atoms with Crippen molar-refractivity contribution in [2.45, 2.75) is 44.4 Å². The maximum Gasteiger partial charge on any atom is 0.143 e. The molecule has 0 radical (unpaired) electrons. The Labute approximate surface area is 83.2 Å². The highest BCUT2D eigenvalue weighted by molar-refractivity contribution is 6.17. The molecule has 1 aromatic heterocycles. The van der Waals surface area contributed by atoms with Gasteiger partial charge in [0.05, 0.1) is 5.88 Å². The van der Waals surface area contributed by atoms with Crippen LogP contribution in [0.15, 0.2) is 4.52 Å². The van der Waals surface area contributed by atoms with Gasteiger partial charge in [0, 0.05) is 11.5 Å². The Hall–Kier alpha value is -0.500. The number of aromatic nitrogens is 1. The minimum absolute atomic E-state index is 0.481. The number of alkyl halides is 1. The summed E-state index contributed by atoms with van der Waals surface area (Å²) in [7, 11) is 0. The zero-order valence-corrected chi connectivity index (χ0v) is 8.60. The average molecular weight is 200 g/mol. The SMILES string of the molecule is CCC1CCCc2c(CCl)noc21. The first kappa shape index (κ1) is 9.07. The summed E-state index contributed by atoms with van der Waals surface area (Å²) in [5.74, 6) is 2.16. The van der Waals surface area contributed by atoms with Crippen molar-refractivity contribution in [3.8, 4) is 0 Å². The van der Waals surface area contributed by atoms with Crippen LogP contribution in [0.1, 0.15) is 49.1 Å². The predicted molar refractivity (Wildman–Crippen MR) is 52.0 cm³/mol. The topological polar surface area (TPSA) is 26.0 Å². The van der Waals surface area contributed by atoms with E-state index < -0.39 is 0 Å². The molecule has 0 bridgehead atoms. The molecule has 0 saturated heterocycles. The van der Waals surface area contributed by atoms with E-state index in [1.165, 1.54) is 18.4 Å². The summed E-state index contributed by atoms with van der Waals surface area (Å²) in [5, 5.41) is 4.01. The first-order chi connectivity index (χ1) is 6.36. The molecular weight excluding hydrogens is 186 g/mol. The van der Waals surface area contributed by atoms with Gasteiger partial charge in [-0.3, -0.25) is 0 Å². The van der Waals surface area contributed by atoms with Gasteiger partial charge in [-0.1, -0.05) is 12.1 Å². The lowest BCUT2D eigenvalue weighted by Gasteiger charge is -2.18. The van der Waals surface area contributed by atoms with Crippen molar-refractivity contribution in [3.05, 3.63) is 17.0 Å². The quantitative estimate of drug-likeness (QED) is 0.684. The summed E-state index contributed by atoms with van der Waals surface area (Å²) in [5.41, 5.74) is 2.24. The number of halogens is 1. The van der Waals surface area contributed by atoms with Gasteiger partial charge in [-0.15, -0.1) is 11.6 Å². The molecule has 13 heavy (non-hydrogen) atoms. The summed E-state index contributed by atoms with van der Waals surface area (Å²) >= 11 is 5.77. The van der Waals surface area contributed by atoms with Crippen molar-refractivity contribution in [2.24, 2.45) is 0 Å². The molecule has 72 valence electrons. The van der Waals surface area contributed by atoms with E-state index in [4.69, 9.17) is 16.1 Å². The van der Waals surface area contributed by atoms with E-state index in [1.54, 1.807) is 0 Å². The number of fused-ring (bicyclic) bond motifs is 1. The fourth-order valence-electron chi connectivity index (χ4n) is 2.10. The monoisotopic (exact) mass is 199 g/mol. The fraction of sp³-hybridized carbons (Fsp3) is 0.700. The lowest BCUT2D eigenvalue weighted by molar-refractivity contribution is 0.335. The van der Waals surface area contributed by atoms with Crippen LogP contribution in [-0.2, 0) is 12.3 Å². The normalized spacial score (nSPS) is 21.5. The molecule has 0 amide bonds. The molecule has 2 nitrogen and oxygen atoms in total. The van der Waals surface area contributed by atoms with Crippen LogP contribution in [0.2, 0.25) is 0 Å². The van der Waals surface area contributed by atoms with Crippen LogP contribution in [-0.4, -0.2) is 5.16 Å². The maximum atomic E-state index is 5.77. The molecule has 1 aliphatic rings. The zero-order valence-electron chi connectivity index (χ0n) is 7.85. The molecule has 3 heteroatoms. The van der Waals surface area contributed by atoms with E-state index in [0.29, 0.717) is 11.8 Å². The Bertz CT molecular complexity index is 295. The summed E-state index contributed by atoms with van der Waals surface area (Å²) in [6.07, 6.45) is 4.72. The summed E-state index contributed by atoms with van der Waals surface area (Å²) < 4.78 is 5.35. The summed E-state index contributed by atoms with van der Waals surface area (Å²) in [6, 6.07) is 0. The zero-order chi connectivity index (χ0) is 9.26. The Balaban J connectivity index is 2.36. The maximum absolute atomic E-state index is 5.77. The van der Waals surface area contributed by atoms with Gasteiger partial charge in [-0.2, -0.15) is 0 Å². The second-order valence-electron chi connectivity index (χ2n) is 3.60. The van der Waals surface area contributed by atoms with Crippen molar-refractivity contribution in [1.82, 2.24) is 5.16 Å². The van der Waals surface area contributed by atoms with Gasteiger partial charge in [0.1, 0.15) is 11.5 Å². The van der Waals surface area contributed by atoms with E-state index in [1.807, 2.05) is 0 Å². The third kappa shape index (κ3) is 1.48. The Morgan fingerprint density at radius 2 is 2.46 bits per heavy atom. The first-order valence-corrected chi connectivity index (χ1v) is 5.43. The highest BCUT2D eigenvalue weighted by Gasteiger charge is 2.25. The molecule has 1 aliphatic carbocycles. The van der Waals surface area contributed by atoms with Crippen LogP contribution in [0.5, 0.6) is 0 Å². The molecule has 1 aromatic rings. The molecule has 0 N–H and O–H groups in total. The average Bonchev–Trinajstić information content (AvgIpc) is 2.60. The van der Waals surface area contributed by atoms with Gasteiger partial charge >= 0.3 is 0 Å². The van der Waals surface area contributed by atoms with E-state index in [9.17, 15) is 0 Å². The number of hydrogen-bond acceptors (Lipinski definition) is 2. The van der Waals surface area contributed by atoms with Crippen LogP contribution in [0.25, 0.3) is 0 Å². The van der Waals surface area contributed by atoms with Crippen molar-refractivity contribution < 1.29 is 4.52 Å². The fourth-order valence-corrected chi connectivity index (χ4v) is 2.31. The number of hydrogen-bond donors (Lipinski definition) is 0. The van der Waals surface area contributed by atoms with Gasteiger partial charge in [-0.25, -0.2) is 0 Å². The van der Waals surface area contributed by atoms with Gasteiger partial charge in [0.15, 0.2) is 0 Å². The Morgan fingerprint density at radius 3 is 3.15 bits per heavy atom. The van der Waals surface area contributed by atoms with Crippen molar-refractivity contribution in [1.29, 1.82) is 0 Å². The highest BCUT2D eigenvalue weighted by Crippen LogP contribution is 2.35. The van der Waals surface area contributed by atoms with Crippen LogP contribution in [0.4, 0.5) is 0 Å². The third-order valence-corrected chi connectivity index (χ3v) is 3.12. The second-order valence-corrected chi connectivity index (χ2v) is 3.87. The highest BCUT2D eigenvalue weighted by atomic mass is 35.5. The van der Waals surface area contributed by atoms with Crippen LogP contribution in [0.3, 0.4) is 0 Å². The molecule has 1 atom stereocenters. The van der Waals surface area contributed by atoms with Crippen molar-refractivity contribution >= 4 is 11.6 Å². The summed E-state index contributed by atoms with van der Waals surface area (Å²) in [6.45, 7) is 2.20. The number of nitrogens with zero attached hydrogens (tertiary/aromatic N) is 1.